The smallest absolute Gasteiger partial charge is 0.303 e. The molecule has 0 amide bonds. The van der Waals surface area contributed by atoms with Crippen molar-refractivity contribution in [2.75, 3.05) is 13.2 Å². The summed E-state index contributed by atoms with van der Waals surface area (Å²) in [6, 6.07) is 14.3. The molecule has 0 bridgehead atoms. The van der Waals surface area contributed by atoms with Crippen LogP contribution in [0.25, 0.3) is 0 Å². The number of hydrogen-bond acceptors (Lipinski definition) is 8. The first-order valence-electron chi connectivity index (χ1n) is 21.9. The van der Waals surface area contributed by atoms with E-state index in [2.05, 4.69) is 49.3 Å². The monoisotopic (exact) mass is 803 g/mol. The second-order valence-corrected chi connectivity index (χ2v) is 16.9. The maximum atomic E-state index is 13.0. The minimum absolute atomic E-state index is 0.0108. The van der Waals surface area contributed by atoms with Crippen LogP contribution in [0.2, 0.25) is 0 Å². The molecule has 0 saturated carbocycles. The molecule has 7 atom stereocenters. The van der Waals surface area contributed by atoms with Crippen LogP contribution in [0.15, 0.2) is 71.8 Å². The van der Waals surface area contributed by atoms with Gasteiger partial charge in [0.25, 0.3) is 0 Å². The van der Waals surface area contributed by atoms with Gasteiger partial charge in [0, 0.05) is 42.4 Å². The molecule has 2 aromatic rings. The number of fused-ring (bicyclic) bond motifs is 1. The van der Waals surface area contributed by atoms with E-state index in [1.165, 1.54) is 0 Å². The molecule has 0 saturated heterocycles. The van der Waals surface area contributed by atoms with Crippen molar-refractivity contribution in [1.82, 2.24) is 10.6 Å². The molecular weight excluding hydrogens is 729 g/mol. The van der Waals surface area contributed by atoms with Crippen LogP contribution in [0.5, 0.6) is 5.75 Å². The highest BCUT2D eigenvalue weighted by atomic mass is 16.4. The summed E-state index contributed by atoms with van der Waals surface area (Å²) in [5.74, 6) is 6.31. The second kappa shape index (κ2) is 25.9. The molecule has 0 aromatic heterocycles. The van der Waals surface area contributed by atoms with Crippen LogP contribution >= 0.6 is 0 Å². The number of rotatable bonds is 24. The number of aryl methyl sites for hydroxylation is 1. The summed E-state index contributed by atoms with van der Waals surface area (Å²) in [5.41, 5.74) is 3.48. The summed E-state index contributed by atoms with van der Waals surface area (Å²) in [4.78, 5) is 11.5. The first-order valence-corrected chi connectivity index (χ1v) is 21.9. The van der Waals surface area contributed by atoms with E-state index < -0.39 is 36.4 Å². The Hall–Kier alpha value is -3.49. The molecular formula is C49H74N2O7. The van der Waals surface area contributed by atoms with Crippen molar-refractivity contribution < 1.29 is 35.4 Å². The number of aliphatic hydroxyl groups excluding tert-OH is 3. The van der Waals surface area contributed by atoms with E-state index in [9.17, 15) is 35.4 Å². The average molecular weight is 803 g/mol. The van der Waals surface area contributed by atoms with E-state index in [1.54, 1.807) is 12.1 Å². The van der Waals surface area contributed by atoms with E-state index in [1.807, 2.05) is 56.3 Å². The van der Waals surface area contributed by atoms with E-state index in [-0.39, 0.29) is 36.6 Å². The number of benzene rings is 2. The number of aliphatic carboxylic acids is 1. The number of aliphatic hydroxyl groups is 4. The number of aromatic hydroxyl groups is 1. The Balaban J connectivity index is 2.26. The van der Waals surface area contributed by atoms with Crippen molar-refractivity contribution in [3.05, 3.63) is 88.5 Å². The van der Waals surface area contributed by atoms with Crippen molar-refractivity contribution in [1.29, 1.82) is 0 Å². The maximum absolute atomic E-state index is 13.0. The molecule has 1 heterocycles. The quantitative estimate of drug-likeness (QED) is 0.0389. The Morgan fingerprint density at radius 3 is 2.40 bits per heavy atom. The lowest BCUT2D eigenvalue weighted by atomic mass is 9.73. The Morgan fingerprint density at radius 2 is 1.72 bits per heavy atom. The van der Waals surface area contributed by atoms with Gasteiger partial charge in [-0.25, -0.2) is 0 Å². The van der Waals surface area contributed by atoms with Crippen molar-refractivity contribution in [2.24, 2.45) is 5.92 Å². The molecule has 0 radical (unpaired) electrons. The number of carboxylic acids is 1. The largest absolute Gasteiger partial charge is 0.508 e. The van der Waals surface area contributed by atoms with Crippen LogP contribution in [-0.2, 0) is 11.2 Å². The van der Waals surface area contributed by atoms with Gasteiger partial charge in [-0.15, -0.1) is 0 Å². The highest BCUT2D eigenvalue weighted by Crippen LogP contribution is 2.39. The third-order valence-electron chi connectivity index (χ3n) is 11.7. The standard InChI is InChI=1S/C49H74N2O7/c1-6-8-9-18-41(53)28-24-38-23-22-37-15-11-10-14-36(37)16-12-20-47(49(5,58)45(31-21-35(3)4)39-25-29-42(54)30-26-39)51-46(44(38)33-43(55)34-52)19-13-17-40(50-7-2)27-32-48(56)57/h10-11,14-15,24-26,28-30,35,40-41,43,45-47,50-55,58H,6-9,13,17-23,27,31-34H2,1-5H3,(H,56,57)/b28-24+,44-38+/t40-,41+,43+,45-,46+,47-,49+/m1/s1. The lowest BCUT2D eigenvalue weighted by Gasteiger charge is -2.42. The van der Waals surface area contributed by atoms with Crippen molar-refractivity contribution in [2.45, 2.75) is 173 Å². The van der Waals surface area contributed by atoms with Gasteiger partial charge < -0.3 is 41.3 Å². The Morgan fingerprint density at radius 1 is 0.983 bits per heavy atom. The Kier molecular flexibility index (Phi) is 21.8. The van der Waals surface area contributed by atoms with Gasteiger partial charge in [-0.2, -0.15) is 0 Å². The zero-order chi connectivity index (χ0) is 42.5. The summed E-state index contributed by atoms with van der Waals surface area (Å²) in [6.45, 7) is 10.7. The van der Waals surface area contributed by atoms with Gasteiger partial charge in [0.15, 0.2) is 0 Å². The molecule has 1 aliphatic rings. The van der Waals surface area contributed by atoms with Crippen molar-refractivity contribution >= 4 is 5.97 Å². The van der Waals surface area contributed by atoms with Gasteiger partial charge in [-0.1, -0.05) is 114 Å². The number of unbranched alkanes of at least 4 members (excludes halogenated alkanes) is 2. The molecule has 9 nitrogen and oxygen atoms in total. The number of allylic oxidation sites excluding steroid dienone is 2. The minimum Gasteiger partial charge on any atom is -0.508 e. The topological polar surface area (TPSA) is 163 Å². The first kappa shape index (κ1) is 48.9. The summed E-state index contributed by atoms with van der Waals surface area (Å²) in [5, 5.41) is 72.6. The van der Waals surface area contributed by atoms with E-state index >= 15 is 0 Å². The van der Waals surface area contributed by atoms with Crippen LogP contribution in [-0.4, -0.2) is 85.7 Å². The molecule has 3 rings (SSSR count). The van der Waals surface area contributed by atoms with Gasteiger partial charge in [0.1, 0.15) is 5.75 Å². The third-order valence-corrected chi connectivity index (χ3v) is 11.7. The number of phenolic OH excluding ortho intramolecular Hbond substituents is 1. The maximum Gasteiger partial charge on any atom is 0.303 e. The molecule has 9 heteroatoms. The number of nitrogens with one attached hydrogen (secondary N) is 2. The number of carbonyl (C=O) groups is 1. The van der Waals surface area contributed by atoms with Crippen LogP contribution < -0.4 is 10.6 Å². The van der Waals surface area contributed by atoms with Crippen LogP contribution in [0, 0.1) is 17.8 Å². The normalized spacial score (nSPS) is 20.9. The zero-order valence-electron chi connectivity index (χ0n) is 35.9. The molecule has 1 aliphatic heterocycles. The summed E-state index contributed by atoms with van der Waals surface area (Å²) in [6.07, 6.45) is 11.9. The molecule has 8 N–H and O–H groups in total. The lowest BCUT2D eigenvalue weighted by Crippen LogP contribution is -2.56. The fourth-order valence-corrected chi connectivity index (χ4v) is 8.26. The second-order valence-electron chi connectivity index (χ2n) is 16.9. The van der Waals surface area contributed by atoms with Crippen LogP contribution in [0.4, 0.5) is 0 Å². The summed E-state index contributed by atoms with van der Waals surface area (Å²) in [7, 11) is 0. The first-order chi connectivity index (χ1) is 27.8. The molecule has 0 unspecified atom stereocenters. The highest BCUT2D eigenvalue weighted by Gasteiger charge is 2.41. The number of phenols is 1. The fraction of sp³-hybridized carbons (Fsp3) is 0.612. The van der Waals surface area contributed by atoms with Crippen LogP contribution in [0.1, 0.15) is 147 Å². The van der Waals surface area contributed by atoms with Crippen molar-refractivity contribution in [3.63, 3.8) is 0 Å². The lowest BCUT2D eigenvalue weighted by molar-refractivity contribution is -0.137. The number of carboxylic acid groups (broad SMARTS) is 1. The van der Waals surface area contributed by atoms with Gasteiger partial charge in [-0.3, -0.25) is 4.79 Å². The van der Waals surface area contributed by atoms with E-state index in [0.29, 0.717) is 50.9 Å². The predicted octanol–water partition coefficient (Wildman–Crippen LogP) is 7.93. The molecule has 2 aromatic carbocycles. The van der Waals surface area contributed by atoms with Gasteiger partial charge in [-0.05, 0) is 111 Å². The predicted molar refractivity (Wildman–Crippen MR) is 235 cm³/mol. The zero-order valence-corrected chi connectivity index (χ0v) is 35.9. The minimum atomic E-state index is -1.33. The molecule has 0 fully saturated rings. The highest BCUT2D eigenvalue weighted by molar-refractivity contribution is 5.66. The van der Waals surface area contributed by atoms with Gasteiger partial charge in [0.05, 0.1) is 24.4 Å². The Bertz CT molecular complexity index is 1620. The molecule has 322 valence electrons. The third kappa shape index (κ3) is 16.6. The summed E-state index contributed by atoms with van der Waals surface area (Å²) >= 11 is 0. The average Bonchev–Trinajstić information content (AvgIpc) is 3.18. The molecule has 58 heavy (non-hydrogen) atoms. The van der Waals surface area contributed by atoms with Gasteiger partial charge in [0.2, 0.25) is 0 Å². The number of hydrogen-bond donors (Lipinski definition) is 8. The van der Waals surface area contributed by atoms with E-state index in [0.717, 1.165) is 72.9 Å². The van der Waals surface area contributed by atoms with Crippen molar-refractivity contribution in [3.8, 4) is 17.6 Å². The summed E-state index contributed by atoms with van der Waals surface area (Å²) < 4.78 is 0. The fourth-order valence-electron chi connectivity index (χ4n) is 8.26. The van der Waals surface area contributed by atoms with E-state index in [4.69, 9.17) is 0 Å². The van der Waals surface area contributed by atoms with Gasteiger partial charge >= 0.3 is 5.97 Å². The molecule has 0 aliphatic carbocycles. The van der Waals surface area contributed by atoms with Crippen LogP contribution in [0.3, 0.4) is 0 Å². The SMILES string of the molecule is CCCCC[C@H](O)/C=C/C1=C(\C[C@H](O)CO)[C@H](CCC[C@H](CCC(=O)O)NCC)N[C@@H]([C@@](C)(O)[C@H](CCC(C)C)c2ccc(O)cc2)CC#Cc2ccccc2CC1. The molecule has 0 spiro atoms. The Labute approximate surface area is 349 Å².